The minimum Gasteiger partial charge on any atom is -0.481 e. The topological polar surface area (TPSA) is 49.8 Å². The summed E-state index contributed by atoms with van der Waals surface area (Å²) in [4.78, 5) is 13.1. The number of thioether (sulfide) groups is 1. The van der Waals surface area contributed by atoms with Crippen LogP contribution < -0.4 is 0 Å². The van der Waals surface area contributed by atoms with Crippen LogP contribution in [0, 0.1) is 5.41 Å². The molecule has 0 unspecified atom stereocenters. The Morgan fingerprint density at radius 1 is 1.35 bits per heavy atom. The summed E-state index contributed by atoms with van der Waals surface area (Å²) in [5.74, 6) is 1.49. The van der Waals surface area contributed by atoms with Gasteiger partial charge in [0.25, 0.3) is 0 Å². The van der Waals surface area contributed by atoms with E-state index in [4.69, 9.17) is 9.84 Å². The lowest BCUT2D eigenvalue weighted by molar-refractivity contribution is -0.138. The number of rotatable bonds is 7. The number of ether oxygens (including phenoxy) is 1. The van der Waals surface area contributed by atoms with Crippen LogP contribution in [0.2, 0.25) is 0 Å². The van der Waals surface area contributed by atoms with Crippen molar-refractivity contribution in [1.29, 1.82) is 0 Å². The average molecular weight is 259 g/mol. The fourth-order valence-electron chi connectivity index (χ4n) is 2.18. The molecule has 0 aromatic heterocycles. The summed E-state index contributed by atoms with van der Waals surface area (Å²) in [5, 5.41) is 8.82. The summed E-state index contributed by atoms with van der Waals surface area (Å²) >= 11 is 1.91. The third-order valence-electron chi connectivity index (χ3n) is 3.55. The van der Waals surface area contributed by atoms with Crippen LogP contribution in [0.15, 0.2) is 0 Å². The third kappa shape index (κ3) is 4.48. The van der Waals surface area contributed by atoms with E-state index >= 15 is 0 Å². The normalized spacial score (nSPS) is 23.5. The number of hydrogen-bond acceptors (Lipinski definition) is 4. The minimum atomic E-state index is -0.642. The zero-order valence-electron chi connectivity index (χ0n) is 10.2. The fourth-order valence-corrected chi connectivity index (χ4v) is 3.53. The first kappa shape index (κ1) is 13.2. The van der Waals surface area contributed by atoms with Gasteiger partial charge in [-0.25, -0.2) is 0 Å². The zero-order chi connectivity index (χ0) is 12.1. The molecule has 0 spiro atoms. The van der Waals surface area contributed by atoms with Crippen LogP contribution >= 0.6 is 11.8 Å². The quantitative estimate of drug-likeness (QED) is 0.699. The Labute approximate surface area is 107 Å². The molecule has 2 fully saturated rings. The molecule has 0 aromatic rings. The van der Waals surface area contributed by atoms with Gasteiger partial charge in [-0.15, -0.1) is 0 Å². The van der Waals surface area contributed by atoms with Crippen LogP contribution in [0.1, 0.15) is 19.3 Å². The Kier molecular flexibility index (Phi) is 4.70. The molecule has 5 heteroatoms. The Bertz CT molecular complexity index is 262. The van der Waals surface area contributed by atoms with Crippen LogP contribution in [-0.4, -0.2) is 60.3 Å². The summed E-state index contributed by atoms with van der Waals surface area (Å²) in [6.07, 6.45) is 2.56. The van der Waals surface area contributed by atoms with Crippen molar-refractivity contribution in [3.63, 3.8) is 0 Å². The number of carbonyl (C=O) groups is 1. The van der Waals surface area contributed by atoms with Crippen molar-refractivity contribution in [2.24, 2.45) is 5.41 Å². The van der Waals surface area contributed by atoms with Gasteiger partial charge in [-0.3, -0.25) is 9.69 Å². The van der Waals surface area contributed by atoms with Crippen molar-refractivity contribution < 1.29 is 14.6 Å². The number of hydrogen-bond donors (Lipinski definition) is 1. The third-order valence-corrected chi connectivity index (χ3v) is 4.83. The molecule has 1 saturated heterocycles. The highest BCUT2D eigenvalue weighted by atomic mass is 32.2. The maximum Gasteiger partial charge on any atom is 0.303 e. The Balaban J connectivity index is 1.55. The van der Waals surface area contributed by atoms with Crippen molar-refractivity contribution in [3.8, 4) is 0 Å². The maximum absolute atomic E-state index is 10.7. The highest BCUT2D eigenvalue weighted by Gasteiger charge is 2.43. The van der Waals surface area contributed by atoms with E-state index in [-0.39, 0.29) is 5.41 Å². The SMILES string of the molecule is O=C(O)CC1(CSCCN2CCOCC2)CC1. The van der Waals surface area contributed by atoms with Gasteiger partial charge >= 0.3 is 5.97 Å². The summed E-state index contributed by atoms with van der Waals surface area (Å²) in [6, 6.07) is 0. The van der Waals surface area contributed by atoms with E-state index in [9.17, 15) is 4.79 Å². The first-order valence-electron chi connectivity index (χ1n) is 6.30. The van der Waals surface area contributed by atoms with Crippen LogP contribution in [0.25, 0.3) is 0 Å². The lowest BCUT2D eigenvalue weighted by atomic mass is 10.1. The van der Waals surface area contributed by atoms with Gasteiger partial charge < -0.3 is 9.84 Å². The van der Waals surface area contributed by atoms with E-state index in [0.717, 1.165) is 57.2 Å². The molecular weight excluding hydrogens is 238 g/mol. The molecule has 0 radical (unpaired) electrons. The van der Waals surface area contributed by atoms with E-state index in [1.807, 2.05) is 11.8 Å². The molecule has 0 bridgehead atoms. The molecule has 1 heterocycles. The van der Waals surface area contributed by atoms with Gasteiger partial charge in [-0.05, 0) is 24.0 Å². The first-order chi connectivity index (χ1) is 8.20. The highest BCUT2D eigenvalue weighted by molar-refractivity contribution is 7.99. The molecule has 4 nitrogen and oxygen atoms in total. The molecule has 1 aliphatic heterocycles. The van der Waals surface area contributed by atoms with Gasteiger partial charge in [-0.2, -0.15) is 11.8 Å². The van der Waals surface area contributed by atoms with Crippen LogP contribution in [0.3, 0.4) is 0 Å². The molecule has 0 aromatic carbocycles. The molecule has 17 heavy (non-hydrogen) atoms. The second-order valence-electron chi connectivity index (χ2n) is 5.08. The van der Waals surface area contributed by atoms with Crippen LogP contribution in [0.5, 0.6) is 0 Å². The van der Waals surface area contributed by atoms with Crippen molar-refractivity contribution in [3.05, 3.63) is 0 Å². The summed E-state index contributed by atoms with van der Waals surface area (Å²) < 4.78 is 5.30. The lowest BCUT2D eigenvalue weighted by Gasteiger charge is -2.26. The van der Waals surface area contributed by atoms with Crippen LogP contribution in [0.4, 0.5) is 0 Å². The van der Waals surface area contributed by atoms with E-state index in [1.54, 1.807) is 0 Å². The van der Waals surface area contributed by atoms with Gasteiger partial charge in [0.1, 0.15) is 0 Å². The van der Waals surface area contributed by atoms with E-state index in [1.165, 1.54) is 0 Å². The molecule has 1 N–H and O–H groups in total. The monoisotopic (exact) mass is 259 g/mol. The van der Waals surface area contributed by atoms with Gasteiger partial charge in [0.2, 0.25) is 0 Å². The molecule has 1 aliphatic carbocycles. The Hall–Kier alpha value is -0.260. The van der Waals surface area contributed by atoms with E-state index in [2.05, 4.69) is 4.90 Å². The maximum atomic E-state index is 10.7. The number of carboxylic acid groups (broad SMARTS) is 1. The second kappa shape index (κ2) is 6.07. The van der Waals surface area contributed by atoms with Gasteiger partial charge in [0, 0.05) is 25.4 Å². The molecular formula is C12H21NO3S. The molecule has 2 aliphatic rings. The Morgan fingerprint density at radius 2 is 2.06 bits per heavy atom. The minimum absolute atomic E-state index is 0.140. The van der Waals surface area contributed by atoms with Crippen molar-refractivity contribution in [2.75, 3.05) is 44.4 Å². The van der Waals surface area contributed by atoms with E-state index in [0.29, 0.717) is 6.42 Å². The fraction of sp³-hybridized carbons (Fsp3) is 0.917. The molecule has 98 valence electrons. The summed E-state index contributed by atoms with van der Waals surface area (Å²) in [5.41, 5.74) is 0.140. The number of carboxylic acids is 1. The van der Waals surface area contributed by atoms with Crippen molar-refractivity contribution in [2.45, 2.75) is 19.3 Å². The molecule has 2 rings (SSSR count). The summed E-state index contributed by atoms with van der Waals surface area (Å²) in [7, 11) is 0. The van der Waals surface area contributed by atoms with Crippen molar-refractivity contribution >= 4 is 17.7 Å². The zero-order valence-corrected chi connectivity index (χ0v) is 11.0. The largest absolute Gasteiger partial charge is 0.481 e. The standard InChI is InChI=1S/C12H21NO3S/c14-11(15)9-12(1-2-12)10-17-8-5-13-3-6-16-7-4-13/h1-10H2,(H,14,15). The Morgan fingerprint density at radius 3 is 2.65 bits per heavy atom. The van der Waals surface area contributed by atoms with E-state index < -0.39 is 5.97 Å². The molecule has 0 atom stereocenters. The molecule has 1 saturated carbocycles. The lowest BCUT2D eigenvalue weighted by Crippen LogP contribution is -2.37. The van der Waals surface area contributed by atoms with Crippen LogP contribution in [-0.2, 0) is 9.53 Å². The summed E-state index contributed by atoms with van der Waals surface area (Å²) in [6.45, 7) is 4.90. The van der Waals surface area contributed by atoms with Gasteiger partial charge in [0.05, 0.1) is 19.6 Å². The molecule has 0 amide bonds. The number of morpholine rings is 1. The van der Waals surface area contributed by atoms with Gasteiger partial charge in [-0.1, -0.05) is 0 Å². The first-order valence-corrected chi connectivity index (χ1v) is 7.45. The predicted octanol–water partition coefficient (Wildman–Crippen LogP) is 1.31. The average Bonchev–Trinajstić information content (AvgIpc) is 3.05. The smallest absolute Gasteiger partial charge is 0.303 e. The number of nitrogens with zero attached hydrogens (tertiary/aromatic N) is 1. The highest BCUT2D eigenvalue weighted by Crippen LogP contribution is 2.50. The second-order valence-corrected chi connectivity index (χ2v) is 6.18. The van der Waals surface area contributed by atoms with Gasteiger partial charge in [0.15, 0.2) is 0 Å². The van der Waals surface area contributed by atoms with Crippen molar-refractivity contribution in [1.82, 2.24) is 4.90 Å². The number of aliphatic carboxylic acids is 1. The predicted molar refractivity (Wildman–Crippen MR) is 68.5 cm³/mol.